The molecule has 0 aliphatic rings. The number of aromatic amines is 1. The van der Waals surface area contributed by atoms with Gasteiger partial charge < -0.3 is 14.4 Å². The normalized spacial score (nSPS) is 13.0. The average molecular weight is 491 g/mol. The van der Waals surface area contributed by atoms with Gasteiger partial charge in [-0.2, -0.15) is 5.16 Å². The van der Waals surface area contributed by atoms with Crippen LogP contribution in [0.4, 0.5) is 4.39 Å². The van der Waals surface area contributed by atoms with Gasteiger partial charge in [-0.1, -0.05) is 35.9 Å². The van der Waals surface area contributed by atoms with Gasteiger partial charge in [0.2, 0.25) is 11.5 Å². The quantitative estimate of drug-likeness (QED) is 0.330. The molecule has 0 saturated carbocycles. The van der Waals surface area contributed by atoms with E-state index in [2.05, 4.69) is 5.16 Å². The second-order valence-corrected chi connectivity index (χ2v) is 8.40. The molecule has 0 aliphatic carbocycles. The Hall–Kier alpha value is -3.27. The van der Waals surface area contributed by atoms with Crippen molar-refractivity contribution in [1.82, 2.24) is 10.1 Å². The van der Waals surface area contributed by atoms with E-state index in [1.54, 1.807) is 31.2 Å². The van der Waals surface area contributed by atoms with E-state index in [0.717, 1.165) is 11.6 Å². The second-order valence-electron chi connectivity index (χ2n) is 7.96. The molecular weight excluding hydrogens is 467 g/mol. The van der Waals surface area contributed by atoms with Crippen LogP contribution in [0.25, 0.3) is 11.1 Å². The van der Waals surface area contributed by atoms with Crippen LogP contribution in [0, 0.1) is 5.82 Å². The summed E-state index contributed by atoms with van der Waals surface area (Å²) in [6, 6.07) is 12.2. The predicted octanol–water partition coefficient (Wildman–Crippen LogP) is 3.43. The van der Waals surface area contributed by atoms with Crippen molar-refractivity contribution in [2.75, 3.05) is 19.7 Å². The van der Waals surface area contributed by atoms with Crippen LogP contribution in [0.1, 0.15) is 30.0 Å². The predicted molar refractivity (Wildman–Crippen MR) is 123 cm³/mol. The summed E-state index contributed by atoms with van der Waals surface area (Å²) >= 11 is 5.98. The number of nitrogens with one attached hydrogen (secondary N) is 1. The van der Waals surface area contributed by atoms with Gasteiger partial charge in [0.25, 0.3) is 5.56 Å². The van der Waals surface area contributed by atoms with Gasteiger partial charge in [0.1, 0.15) is 5.82 Å². The zero-order valence-corrected chi connectivity index (χ0v) is 19.4. The molecular formula is C24H24ClFN2O6. The molecule has 3 aromatic rings. The van der Waals surface area contributed by atoms with Gasteiger partial charge in [0, 0.05) is 23.7 Å². The number of hydrogen-bond acceptors (Lipinski definition) is 7. The van der Waals surface area contributed by atoms with Crippen LogP contribution in [-0.2, 0) is 16.1 Å². The molecule has 1 aromatic heterocycles. The van der Waals surface area contributed by atoms with E-state index in [1.807, 2.05) is 0 Å². The third-order valence-electron chi connectivity index (χ3n) is 5.01. The van der Waals surface area contributed by atoms with Gasteiger partial charge in [-0.25, -0.2) is 9.18 Å². The van der Waals surface area contributed by atoms with Crippen molar-refractivity contribution >= 4 is 23.4 Å². The highest BCUT2D eigenvalue weighted by atomic mass is 35.5. The standard InChI is InChI=1S/C24H24ClFN2O6/c1-3-33-23(31)24(2,32)14-28(13-20(29)21-11-22(30)27-34-21)12-15-4-6-16(7-5-15)18-10-17(25)8-9-19(18)26/h4-11,32H,3,12-14H2,1-2H3,(H,27,30)/t24-/m1/s1. The molecule has 0 amide bonds. The second kappa shape index (κ2) is 10.8. The monoisotopic (exact) mass is 490 g/mol. The van der Waals surface area contributed by atoms with Gasteiger partial charge in [-0.05, 0) is 43.2 Å². The summed E-state index contributed by atoms with van der Waals surface area (Å²) in [7, 11) is 0. The maximum absolute atomic E-state index is 14.2. The van der Waals surface area contributed by atoms with E-state index in [-0.39, 0.29) is 32.0 Å². The molecule has 34 heavy (non-hydrogen) atoms. The Balaban J connectivity index is 1.82. The van der Waals surface area contributed by atoms with Crippen molar-refractivity contribution in [3.8, 4) is 11.1 Å². The Morgan fingerprint density at radius 3 is 2.53 bits per heavy atom. The number of halogens is 2. The summed E-state index contributed by atoms with van der Waals surface area (Å²) < 4.78 is 24.0. The lowest BCUT2D eigenvalue weighted by Crippen LogP contribution is -2.48. The molecule has 0 bridgehead atoms. The van der Waals surface area contributed by atoms with E-state index in [1.165, 1.54) is 30.0 Å². The number of ketones is 1. The van der Waals surface area contributed by atoms with Crippen LogP contribution < -0.4 is 5.56 Å². The maximum atomic E-state index is 14.2. The summed E-state index contributed by atoms with van der Waals surface area (Å²) in [6.45, 7) is 2.69. The van der Waals surface area contributed by atoms with Crippen LogP contribution in [0.2, 0.25) is 5.02 Å². The molecule has 0 aliphatic heterocycles. The molecule has 3 rings (SSSR count). The summed E-state index contributed by atoms with van der Waals surface area (Å²) in [5, 5.41) is 13.1. The minimum absolute atomic E-state index is 0.0872. The molecule has 1 heterocycles. The Bertz CT molecular complexity index is 1220. The summed E-state index contributed by atoms with van der Waals surface area (Å²) in [5.74, 6) is -1.93. The molecule has 0 radical (unpaired) electrons. The zero-order valence-electron chi connectivity index (χ0n) is 18.6. The minimum atomic E-state index is -1.89. The van der Waals surface area contributed by atoms with E-state index in [9.17, 15) is 23.9 Å². The lowest BCUT2D eigenvalue weighted by atomic mass is 10.0. The third kappa shape index (κ3) is 6.40. The van der Waals surface area contributed by atoms with Crippen LogP contribution >= 0.6 is 11.6 Å². The van der Waals surface area contributed by atoms with E-state index >= 15 is 0 Å². The highest BCUT2D eigenvalue weighted by Crippen LogP contribution is 2.26. The van der Waals surface area contributed by atoms with E-state index < -0.39 is 28.7 Å². The number of H-pyrrole nitrogens is 1. The highest BCUT2D eigenvalue weighted by molar-refractivity contribution is 6.30. The van der Waals surface area contributed by atoms with Crippen molar-refractivity contribution in [3.05, 3.63) is 81.0 Å². The van der Waals surface area contributed by atoms with Crippen LogP contribution in [0.15, 0.2) is 57.8 Å². The van der Waals surface area contributed by atoms with Crippen molar-refractivity contribution in [1.29, 1.82) is 0 Å². The third-order valence-corrected chi connectivity index (χ3v) is 5.25. The number of aromatic nitrogens is 1. The number of carbonyl (C=O) groups excluding carboxylic acids is 2. The van der Waals surface area contributed by atoms with Crippen molar-refractivity contribution < 1.29 is 28.3 Å². The number of carbonyl (C=O) groups is 2. The average Bonchev–Trinajstić information content (AvgIpc) is 3.22. The molecule has 10 heteroatoms. The molecule has 0 spiro atoms. The number of Topliss-reactive ketones (excluding diaryl/α,β-unsaturated/α-hetero) is 1. The number of rotatable bonds is 10. The first-order valence-corrected chi connectivity index (χ1v) is 10.8. The smallest absolute Gasteiger partial charge is 0.339 e. The summed E-state index contributed by atoms with van der Waals surface area (Å²) in [6.07, 6.45) is 0. The molecule has 180 valence electrons. The van der Waals surface area contributed by atoms with Crippen molar-refractivity contribution in [3.63, 3.8) is 0 Å². The van der Waals surface area contributed by atoms with Gasteiger partial charge in [0.05, 0.1) is 19.2 Å². The minimum Gasteiger partial charge on any atom is -0.464 e. The maximum Gasteiger partial charge on any atom is 0.339 e. The molecule has 0 fully saturated rings. The number of ether oxygens (including phenoxy) is 1. The lowest BCUT2D eigenvalue weighted by molar-refractivity contribution is -0.165. The van der Waals surface area contributed by atoms with Crippen molar-refractivity contribution in [2.45, 2.75) is 26.0 Å². The fraction of sp³-hybridized carbons (Fsp3) is 0.292. The Morgan fingerprint density at radius 1 is 1.21 bits per heavy atom. The van der Waals surface area contributed by atoms with Crippen molar-refractivity contribution in [2.24, 2.45) is 0 Å². The van der Waals surface area contributed by atoms with E-state index in [4.69, 9.17) is 20.9 Å². The number of hydrogen-bond donors (Lipinski definition) is 2. The van der Waals surface area contributed by atoms with E-state index in [0.29, 0.717) is 16.1 Å². The van der Waals surface area contributed by atoms with Crippen LogP contribution in [-0.4, -0.2) is 52.2 Å². The Morgan fingerprint density at radius 2 is 1.91 bits per heavy atom. The van der Waals surface area contributed by atoms with Crippen LogP contribution in [0.5, 0.6) is 0 Å². The number of esters is 1. The van der Waals surface area contributed by atoms with Gasteiger partial charge in [0.15, 0.2) is 5.60 Å². The fourth-order valence-electron chi connectivity index (χ4n) is 3.42. The SMILES string of the molecule is CCOC(=O)[C@](C)(O)CN(CC(=O)c1cc(=O)[nH]o1)Cc1ccc(-c2cc(Cl)ccc2F)cc1. The first-order valence-electron chi connectivity index (χ1n) is 10.5. The summed E-state index contributed by atoms with van der Waals surface area (Å²) in [4.78, 5) is 37.6. The topological polar surface area (TPSA) is 113 Å². The largest absolute Gasteiger partial charge is 0.464 e. The van der Waals surface area contributed by atoms with Gasteiger partial charge in [-0.3, -0.25) is 14.5 Å². The molecule has 1 atom stereocenters. The summed E-state index contributed by atoms with van der Waals surface area (Å²) in [5.41, 5.74) is -0.761. The first kappa shape index (κ1) is 25.4. The zero-order chi connectivity index (χ0) is 24.9. The molecule has 8 nitrogen and oxygen atoms in total. The highest BCUT2D eigenvalue weighted by Gasteiger charge is 2.35. The van der Waals surface area contributed by atoms with Gasteiger partial charge >= 0.3 is 5.97 Å². The molecule has 0 saturated heterocycles. The Kier molecular flexibility index (Phi) is 8.03. The molecule has 2 aromatic carbocycles. The molecule has 2 N–H and O–H groups in total. The van der Waals surface area contributed by atoms with Crippen LogP contribution in [0.3, 0.4) is 0 Å². The number of benzene rings is 2. The first-order chi connectivity index (χ1) is 16.1. The molecule has 0 unspecified atom stereocenters. The lowest BCUT2D eigenvalue weighted by Gasteiger charge is -2.29. The fourth-order valence-corrected chi connectivity index (χ4v) is 3.59. The van der Waals surface area contributed by atoms with Gasteiger partial charge in [-0.15, -0.1) is 0 Å². The number of nitrogens with zero attached hydrogens (tertiary/aromatic N) is 1. The number of aliphatic hydroxyl groups is 1. The Labute approximate surface area is 199 Å².